The summed E-state index contributed by atoms with van der Waals surface area (Å²) in [6.45, 7) is 1.87. The highest BCUT2D eigenvalue weighted by molar-refractivity contribution is 14.1. The molecule has 1 aromatic heterocycles. The molecular weight excluding hydrogens is 307 g/mol. The fourth-order valence-corrected chi connectivity index (χ4v) is 2.14. The summed E-state index contributed by atoms with van der Waals surface area (Å²) in [4.78, 5) is 14.0. The number of nitrogens with one attached hydrogen (secondary N) is 1. The molecule has 0 spiro atoms. The Kier molecular flexibility index (Phi) is 2.96. The molecule has 1 amide bonds. The molecule has 0 radical (unpaired) electrons. The molecule has 0 bridgehead atoms. The van der Waals surface area contributed by atoms with Gasteiger partial charge in [0.05, 0.1) is 17.8 Å². The van der Waals surface area contributed by atoms with Crippen molar-refractivity contribution in [3.63, 3.8) is 0 Å². The molecule has 15 heavy (non-hydrogen) atoms. The number of halogens is 1. The molecule has 2 rings (SSSR count). The van der Waals surface area contributed by atoms with E-state index in [2.05, 4.69) is 37.9 Å². The summed E-state index contributed by atoms with van der Waals surface area (Å²) in [6.07, 6.45) is 1.61. The molecule has 0 aliphatic carbocycles. The first-order valence-corrected chi connectivity index (χ1v) is 5.82. The van der Waals surface area contributed by atoms with Crippen LogP contribution in [0.3, 0.4) is 0 Å². The summed E-state index contributed by atoms with van der Waals surface area (Å²) in [5.41, 5.74) is 0.660. The molecule has 0 atom stereocenters. The molecule has 1 fully saturated rings. The Labute approximate surface area is 102 Å². The van der Waals surface area contributed by atoms with Crippen molar-refractivity contribution in [1.29, 1.82) is 0 Å². The van der Waals surface area contributed by atoms with Gasteiger partial charge >= 0.3 is 0 Å². The van der Waals surface area contributed by atoms with Gasteiger partial charge in [0.25, 0.3) is 5.91 Å². The van der Waals surface area contributed by atoms with Gasteiger partial charge in [0.15, 0.2) is 0 Å². The van der Waals surface area contributed by atoms with Gasteiger partial charge < -0.3 is 10.2 Å². The second kappa shape index (κ2) is 4.09. The zero-order valence-electron chi connectivity index (χ0n) is 8.70. The van der Waals surface area contributed by atoms with Crippen LogP contribution in [-0.4, -0.2) is 46.8 Å². The Bertz CT molecular complexity index is 383. The van der Waals surface area contributed by atoms with Crippen molar-refractivity contribution in [2.24, 2.45) is 7.05 Å². The maximum Gasteiger partial charge on any atom is 0.255 e. The summed E-state index contributed by atoms with van der Waals surface area (Å²) in [7, 11) is 3.87. The fraction of sp³-hybridized carbons (Fsp3) is 0.556. The van der Waals surface area contributed by atoms with Crippen LogP contribution >= 0.6 is 22.6 Å². The predicted molar refractivity (Wildman–Crippen MR) is 64.7 cm³/mol. The largest absolute Gasteiger partial charge is 0.347 e. The van der Waals surface area contributed by atoms with E-state index in [-0.39, 0.29) is 5.91 Å². The Morgan fingerprint density at radius 3 is 2.73 bits per heavy atom. The van der Waals surface area contributed by atoms with Crippen molar-refractivity contribution >= 4 is 28.5 Å². The van der Waals surface area contributed by atoms with Crippen molar-refractivity contribution in [3.8, 4) is 0 Å². The molecule has 2 heterocycles. The van der Waals surface area contributed by atoms with E-state index in [0.29, 0.717) is 11.6 Å². The number of aromatic nitrogens is 2. The number of hydrogen-bond acceptors (Lipinski definition) is 3. The van der Waals surface area contributed by atoms with E-state index >= 15 is 0 Å². The SMILES string of the molecule is CN1CC(NC(=O)c2cnn(C)c2I)C1. The number of likely N-dealkylation sites (N-methyl/N-ethyl adjacent to an activating group) is 1. The van der Waals surface area contributed by atoms with Gasteiger partial charge in [-0.05, 0) is 29.6 Å². The van der Waals surface area contributed by atoms with Crippen LogP contribution in [0.4, 0.5) is 0 Å². The van der Waals surface area contributed by atoms with Crippen LogP contribution in [0.5, 0.6) is 0 Å². The monoisotopic (exact) mass is 320 g/mol. The number of nitrogens with zero attached hydrogens (tertiary/aromatic N) is 3. The first kappa shape index (κ1) is 10.9. The van der Waals surface area contributed by atoms with Crippen molar-refractivity contribution in [3.05, 3.63) is 15.5 Å². The van der Waals surface area contributed by atoms with Gasteiger partial charge in [0, 0.05) is 20.1 Å². The second-order valence-corrected chi connectivity index (χ2v) is 4.89. The molecule has 1 aliphatic rings. The highest BCUT2D eigenvalue weighted by Crippen LogP contribution is 2.11. The zero-order valence-corrected chi connectivity index (χ0v) is 10.9. The molecule has 6 heteroatoms. The molecule has 1 aromatic rings. The third-order valence-electron chi connectivity index (χ3n) is 2.51. The molecular formula is C9H13IN4O. The summed E-state index contributed by atoms with van der Waals surface area (Å²) >= 11 is 2.13. The van der Waals surface area contributed by atoms with Crippen molar-refractivity contribution < 1.29 is 4.79 Å². The Balaban J connectivity index is 1.99. The zero-order chi connectivity index (χ0) is 11.0. The van der Waals surface area contributed by atoms with E-state index in [1.807, 2.05) is 14.1 Å². The minimum atomic E-state index is -0.0226. The lowest BCUT2D eigenvalue weighted by molar-refractivity contribution is 0.0856. The van der Waals surface area contributed by atoms with E-state index in [9.17, 15) is 4.79 Å². The Hall–Kier alpha value is -0.630. The van der Waals surface area contributed by atoms with Crippen molar-refractivity contribution in [2.45, 2.75) is 6.04 Å². The molecule has 1 N–H and O–H groups in total. The van der Waals surface area contributed by atoms with Crippen molar-refractivity contribution in [1.82, 2.24) is 20.0 Å². The van der Waals surface area contributed by atoms with E-state index in [1.165, 1.54) is 0 Å². The molecule has 0 aromatic carbocycles. The summed E-state index contributed by atoms with van der Waals surface area (Å²) < 4.78 is 2.57. The standard InChI is InChI=1S/C9H13IN4O/c1-13-4-6(5-13)12-9(15)7-3-11-14(2)8(7)10/h3,6H,4-5H2,1-2H3,(H,12,15). The third-order valence-corrected chi connectivity index (χ3v) is 3.79. The smallest absolute Gasteiger partial charge is 0.255 e. The van der Waals surface area contributed by atoms with E-state index in [1.54, 1.807) is 10.9 Å². The number of amides is 1. The number of aryl methyl sites for hydroxylation is 1. The number of carbonyl (C=O) groups is 1. The van der Waals surface area contributed by atoms with Gasteiger partial charge in [-0.25, -0.2) is 0 Å². The van der Waals surface area contributed by atoms with Gasteiger partial charge in [-0.3, -0.25) is 9.48 Å². The number of rotatable bonds is 2. The van der Waals surface area contributed by atoms with E-state index in [4.69, 9.17) is 0 Å². The summed E-state index contributed by atoms with van der Waals surface area (Å²) in [5, 5.41) is 7.02. The second-order valence-electron chi connectivity index (χ2n) is 3.86. The summed E-state index contributed by atoms with van der Waals surface area (Å²) in [5.74, 6) is -0.0226. The van der Waals surface area contributed by atoms with Crippen LogP contribution in [0, 0.1) is 3.70 Å². The predicted octanol–water partition coefficient (Wildman–Crippen LogP) is 0.0685. The van der Waals surface area contributed by atoms with Gasteiger partial charge in [-0.2, -0.15) is 5.10 Å². The van der Waals surface area contributed by atoms with E-state index in [0.717, 1.165) is 16.8 Å². The van der Waals surface area contributed by atoms with Crippen molar-refractivity contribution in [2.75, 3.05) is 20.1 Å². The van der Waals surface area contributed by atoms with Crippen LogP contribution in [0.25, 0.3) is 0 Å². The average Bonchev–Trinajstić information content (AvgIpc) is 2.45. The lowest BCUT2D eigenvalue weighted by Gasteiger charge is -2.36. The third kappa shape index (κ3) is 2.15. The van der Waals surface area contributed by atoms with Gasteiger partial charge in [-0.15, -0.1) is 0 Å². The van der Waals surface area contributed by atoms with Gasteiger partial charge in [0.1, 0.15) is 3.70 Å². The number of hydrogen-bond donors (Lipinski definition) is 1. The number of likely N-dealkylation sites (tertiary alicyclic amines) is 1. The van der Waals surface area contributed by atoms with Crippen LogP contribution < -0.4 is 5.32 Å². The highest BCUT2D eigenvalue weighted by atomic mass is 127. The molecule has 0 unspecified atom stereocenters. The minimum absolute atomic E-state index is 0.0226. The molecule has 82 valence electrons. The number of carbonyl (C=O) groups excluding carboxylic acids is 1. The van der Waals surface area contributed by atoms with Gasteiger partial charge in [0.2, 0.25) is 0 Å². The van der Waals surface area contributed by atoms with E-state index < -0.39 is 0 Å². The lowest BCUT2D eigenvalue weighted by Crippen LogP contribution is -2.57. The van der Waals surface area contributed by atoms with Gasteiger partial charge in [-0.1, -0.05) is 0 Å². The molecule has 5 nitrogen and oxygen atoms in total. The maximum atomic E-state index is 11.8. The first-order chi connectivity index (χ1) is 7.08. The molecule has 1 saturated heterocycles. The normalized spacial score (nSPS) is 17.5. The molecule has 0 saturated carbocycles. The highest BCUT2D eigenvalue weighted by Gasteiger charge is 2.26. The van der Waals surface area contributed by atoms with Crippen LogP contribution in [0.2, 0.25) is 0 Å². The topological polar surface area (TPSA) is 50.2 Å². The lowest BCUT2D eigenvalue weighted by atomic mass is 10.1. The Morgan fingerprint density at radius 2 is 2.27 bits per heavy atom. The summed E-state index contributed by atoms with van der Waals surface area (Å²) in [6, 6.07) is 0.290. The quantitative estimate of drug-likeness (QED) is 0.785. The average molecular weight is 320 g/mol. The first-order valence-electron chi connectivity index (χ1n) is 4.75. The van der Waals surface area contributed by atoms with Crippen LogP contribution in [-0.2, 0) is 7.05 Å². The molecule has 1 aliphatic heterocycles. The van der Waals surface area contributed by atoms with Crippen LogP contribution in [0.1, 0.15) is 10.4 Å². The maximum absolute atomic E-state index is 11.8. The Morgan fingerprint density at radius 1 is 1.60 bits per heavy atom. The fourth-order valence-electron chi connectivity index (χ4n) is 1.63. The van der Waals surface area contributed by atoms with Crippen LogP contribution in [0.15, 0.2) is 6.20 Å². The minimum Gasteiger partial charge on any atom is -0.347 e.